The van der Waals surface area contributed by atoms with Crippen molar-refractivity contribution in [2.24, 2.45) is 0 Å². The Balaban J connectivity index is 1.69. The van der Waals surface area contributed by atoms with Gasteiger partial charge in [-0.1, -0.05) is 12.1 Å². The van der Waals surface area contributed by atoms with Crippen molar-refractivity contribution in [2.75, 3.05) is 6.54 Å². The number of ether oxygens (including phenoxy) is 1. The Hall–Kier alpha value is -3.53. The molecular formula is C23H25FN4O4S. The Morgan fingerprint density at radius 3 is 2.45 bits per heavy atom. The number of alkyl carbamates (subject to hydrolysis) is 1. The first-order valence-corrected chi connectivity index (χ1v) is 11.0. The lowest BCUT2D eigenvalue weighted by atomic mass is 10.1. The van der Waals surface area contributed by atoms with Crippen molar-refractivity contribution in [1.29, 1.82) is 0 Å². The lowest BCUT2D eigenvalue weighted by Crippen LogP contribution is -2.34. The highest BCUT2D eigenvalue weighted by molar-refractivity contribution is 7.17. The summed E-state index contributed by atoms with van der Waals surface area (Å²) in [6.07, 6.45) is 1.02. The molecule has 0 aliphatic heterocycles. The summed E-state index contributed by atoms with van der Waals surface area (Å²) in [4.78, 5) is 37.6. The minimum Gasteiger partial charge on any atom is -0.444 e. The Morgan fingerprint density at radius 1 is 1.18 bits per heavy atom. The first-order valence-electron chi connectivity index (χ1n) is 10.2. The molecule has 0 aliphatic carbocycles. The van der Waals surface area contributed by atoms with Crippen molar-refractivity contribution < 1.29 is 18.7 Å². The number of Topliss-reactive ketones (excluding diaryl/α,β-unsaturated/α-hetero) is 1. The van der Waals surface area contributed by atoms with E-state index in [4.69, 9.17) is 4.74 Å². The van der Waals surface area contributed by atoms with Crippen molar-refractivity contribution in [2.45, 2.75) is 39.8 Å². The number of hydrogen-bond donors (Lipinski definition) is 1. The number of carbonyl (C=O) groups excluding carboxylic acids is 2. The van der Waals surface area contributed by atoms with Crippen LogP contribution in [0.25, 0.3) is 16.1 Å². The third-order valence-corrected chi connectivity index (χ3v) is 5.72. The summed E-state index contributed by atoms with van der Waals surface area (Å²) in [7, 11) is 0. The van der Waals surface area contributed by atoms with Gasteiger partial charge in [-0.15, -0.1) is 11.3 Å². The molecule has 174 valence electrons. The van der Waals surface area contributed by atoms with Gasteiger partial charge in [0.15, 0.2) is 5.78 Å². The monoisotopic (exact) mass is 472 g/mol. The normalized spacial score (nSPS) is 12.0. The molecular weight excluding hydrogens is 447 g/mol. The maximum absolute atomic E-state index is 13.3. The fourth-order valence-electron chi connectivity index (χ4n) is 2.91. The third kappa shape index (κ3) is 6.26. The fraction of sp³-hybridized carbons (Fsp3) is 0.304. The van der Waals surface area contributed by atoms with E-state index in [-0.39, 0.29) is 24.4 Å². The van der Waals surface area contributed by atoms with Crippen LogP contribution in [-0.4, -0.2) is 38.4 Å². The highest BCUT2D eigenvalue weighted by atomic mass is 32.1. The molecule has 0 bridgehead atoms. The SMILES string of the molecule is CC(=O)c1ccc(-c2ccc(-n3cnn(C/C(=C\F)CNC(=O)OC(C)(C)C)c3=O)cc2)s1. The maximum atomic E-state index is 13.3. The first-order chi connectivity index (χ1) is 15.6. The number of ketones is 1. The molecule has 10 heteroatoms. The molecule has 0 saturated carbocycles. The predicted molar refractivity (Wildman–Crippen MR) is 125 cm³/mol. The largest absolute Gasteiger partial charge is 0.444 e. The Labute approximate surface area is 194 Å². The smallest absolute Gasteiger partial charge is 0.407 e. The number of rotatable bonds is 7. The van der Waals surface area contributed by atoms with Gasteiger partial charge in [-0.25, -0.2) is 23.2 Å². The second-order valence-corrected chi connectivity index (χ2v) is 9.41. The standard InChI is InChI=1S/C23H25FN4O4S/c1-15(29)19-9-10-20(33-19)17-5-7-18(8-6-17)27-14-26-28(22(27)31)13-16(11-24)12-25-21(30)32-23(2,3)4/h5-11,14H,12-13H2,1-4H3,(H,25,30)/b16-11-. The summed E-state index contributed by atoms with van der Waals surface area (Å²) in [5.74, 6) is 0.0184. The van der Waals surface area contributed by atoms with Gasteiger partial charge in [0.1, 0.15) is 11.9 Å². The third-order valence-electron chi connectivity index (χ3n) is 4.48. The van der Waals surface area contributed by atoms with Crippen LogP contribution >= 0.6 is 11.3 Å². The van der Waals surface area contributed by atoms with Crippen LogP contribution in [0.3, 0.4) is 0 Å². The number of benzene rings is 1. The van der Waals surface area contributed by atoms with Gasteiger partial charge < -0.3 is 10.1 Å². The molecule has 1 N–H and O–H groups in total. The molecule has 0 fully saturated rings. The van der Waals surface area contributed by atoms with Crippen LogP contribution in [0.1, 0.15) is 37.4 Å². The number of amides is 1. The Morgan fingerprint density at radius 2 is 1.88 bits per heavy atom. The average molecular weight is 473 g/mol. The van der Waals surface area contributed by atoms with Gasteiger partial charge >= 0.3 is 11.8 Å². The zero-order chi connectivity index (χ0) is 24.2. The first kappa shape index (κ1) is 24.1. The summed E-state index contributed by atoms with van der Waals surface area (Å²) in [6.45, 7) is 6.45. The molecule has 0 unspecified atom stereocenters. The molecule has 33 heavy (non-hydrogen) atoms. The van der Waals surface area contributed by atoms with E-state index in [9.17, 15) is 18.8 Å². The van der Waals surface area contributed by atoms with Crippen molar-refractivity contribution in [3.63, 3.8) is 0 Å². The highest BCUT2D eigenvalue weighted by Gasteiger charge is 2.17. The van der Waals surface area contributed by atoms with Crippen molar-refractivity contribution >= 4 is 23.2 Å². The molecule has 2 aromatic heterocycles. The molecule has 3 rings (SSSR count). The average Bonchev–Trinajstić information content (AvgIpc) is 3.38. The molecule has 0 aliphatic rings. The van der Waals surface area contributed by atoms with Gasteiger partial charge in [0.25, 0.3) is 0 Å². The summed E-state index contributed by atoms with van der Waals surface area (Å²) >= 11 is 1.41. The Kier molecular flexibility index (Phi) is 7.27. The molecule has 2 heterocycles. The van der Waals surface area contributed by atoms with E-state index in [0.717, 1.165) is 15.1 Å². The van der Waals surface area contributed by atoms with Gasteiger partial charge in [0, 0.05) is 11.4 Å². The van der Waals surface area contributed by atoms with E-state index in [2.05, 4.69) is 10.4 Å². The van der Waals surface area contributed by atoms with Gasteiger partial charge in [0.05, 0.1) is 23.4 Å². The lowest BCUT2D eigenvalue weighted by molar-refractivity contribution is 0.0531. The lowest BCUT2D eigenvalue weighted by Gasteiger charge is -2.19. The number of nitrogens with zero attached hydrogens (tertiary/aromatic N) is 3. The second kappa shape index (κ2) is 9.95. The number of aromatic nitrogens is 3. The topological polar surface area (TPSA) is 95.2 Å². The Bertz CT molecular complexity index is 1230. The summed E-state index contributed by atoms with van der Waals surface area (Å²) in [6, 6.07) is 10.9. The van der Waals surface area contributed by atoms with Crippen LogP contribution in [-0.2, 0) is 11.3 Å². The zero-order valence-corrected chi connectivity index (χ0v) is 19.6. The van der Waals surface area contributed by atoms with Crippen molar-refractivity contribution in [1.82, 2.24) is 19.7 Å². The van der Waals surface area contributed by atoms with E-state index >= 15 is 0 Å². The van der Waals surface area contributed by atoms with E-state index in [1.165, 1.54) is 29.2 Å². The van der Waals surface area contributed by atoms with Gasteiger partial charge in [-0.05, 0) is 63.1 Å². The minimum absolute atomic E-state index is 0.0184. The maximum Gasteiger partial charge on any atom is 0.407 e. The van der Waals surface area contributed by atoms with Crippen LogP contribution in [0.15, 0.2) is 59.4 Å². The van der Waals surface area contributed by atoms with E-state index < -0.39 is 17.4 Å². The zero-order valence-electron chi connectivity index (χ0n) is 18.8. The summed E-state index contributed by atoms with van der Waals surface area (Å²) in [5, 5.41) is 6.51. The molecule has 0 radical (unpaired) electrons. The second-order valence-electron chi connectivity index (χ2n) is 8.33. The molecule has 8 nitrogen and oxygen atoms in total. The molecule has 1 aromatic carbocycles. The summed E-state index contributed by atoms with van der Waals surface area (Å²) in [5.41, 5.74) is 0.550. The number of nitrogens with one attached hydrogen (secondary N) is 1. The number of carbonyl (C=O) groups is 2. The van der Waals surface area contributed by atoms with Crippen LogP contribution in [0.5, 0.6) is 0 Å². The molecule has 0 atom stereocenters. The summed E-state index contributed by atoms with van der Waals surface area (Å²) < 4.78 is 20.9. The molecule has 3 aromatic rings. The van der Waals surface area contributed by atoms with Crippen LogP contribution in [0.4, 0.5) is 9.18 Å². The fourth-order valence-corrected chi connectivity index (χ4v) is 3.82. The predicted octanol–water partition coefficient (Wildman–Crippen LogP) is 4.34. The molecule has 0 spiro atoms. The van der Waals surface area contributed by atoms with Crippen molar-refractivity contribution in [3.05, 3.63) is 70.0 Å². The van der Waals surface area contributed by atoms with Gasteiger partial charge in [0.2, 0.25) is 0 Å². The number of hydrogen-bond acceptors (Lipinski definition) is 6. The number of thiophene rings is 1. The van der Waals surface area contributed by atoms with Gasteiger partial charge in [-0.2, -0.15) is 5.10 Å². The van der Waals surface area contributed by atoms with E-state index in [1.54, 1.807) is 39.0 Å². The number of halogens is 1. The van der Waals surface area contributed by atoms with Crippen LogP contribution in [0.2, 0.25) is 0 Å². The van der Waals surface area contributed by atoms with E-state index in [0.29, 0.717) is 16.9 Å². The van der Waals surface area contributed by atoms with Crippen LogP contribution < -0.4 is 11.0 Å². The quantitative estimate of drug-likeness (QED) is 0.516. The minimum atomic E-state index is -0.680. The van der Waals surface area contributed by atoms with Gasteiger partial charge in [-0.3, -0.25) is 4.79 Å². The molecule has 0 saturated heterocycles. The highest BCUT2D eigenvalue weighted by Crippen LogP contribution is 2.28. The van der Waals surface area contributed by atoms with Crippen molar-refractivity contribution in [3.8, 4) is 16.1 Å². The molecule has 1 amide bonds. The van der Waals surface area contributed by atoms with E-state index in [1.807, 2.05) is 18.2 Å². The van der Waals surface area contributed by atoms with Crippen LogP contribution in [0, 0.1) is 0 Å².